The third kappa shape index (κ3) is 4.20. The number of nitrogens with one attached hydrogen (secondary N) is 1. The fourth-order valence-electron chi connectivity index (χ4n) is 2.99. The van der Waals surface area contributed by atoms with Crippen molar-refractivity contribution in [3.63, 3.8) is 0 Å². The number of carbonyl (C=O) groups excluding carboxylic acids is 1. The third-order valence-corrected chi connectivity index (χ3v) is 4.64. The molecule has 0 aliphatic rings. The summed E-state index contributed by atoms with van der Waals surface area (Å²) in [6, 6.07) is 21.0. The Morgan fingerprint density at radius 1 is 1.00 bits per heavy atom. The molecule has 0 fully saturated rings. The lowest BCUT2D eigenvalue weighted by Crippen LogP contribution is -2.18. The summed E-state index contributed by atoms with van der Waals surface area (Å²) in [6.45, 7) is 0.527. The van der Waals surface area contributed by atoms with Crippen molar-refractivity contribution in [2.24, 2.45) is 0 Å². The van der Waals surface area contributed by atoms with Gasteiger partial charge in [0.15, 0.2) is 5.82 Å². The Morgan fingerprint density at radius 3 is 2.43 bits per heavy atom. The maximum absolute atomic E-state index is 13.2. The van der Waals surface area contributed by atoms with E-state index >= 15 is 0 Å². The summed E-state index contributed by atoms with van der Waals surface area (Å²) in [7, 11) is 3.92. The lowest BCUT2D eigenvalue weighted by atomic mass is 10.2. The molecule has 0 saturated heterocycles. The van der Waals surface area contributed by atoms with E-state index in [0.29, 0.717) is 23.9 Å². The van der Waals surface area contributed by atoms with Gasteiger partial charge in [-0.15, -0.1) is 5.10 Å². The zero-order valence-corrected chi connectivity index (χ0v) is 16.9. The third-order valence-electron chi connectivity index (χ3n) is 4.64. The minimum absolute atomic E-state index is 0.251. The summed E-state index contributed by atoms with van der Waals surface area (Å²) >= 11 is 0. The quantitative estimate of drug-likeness (QED) is 0.534. The van der Waals surface area contributed by atoms with Gasteiger partial charge >= 0.3 is 0 Å². The van der Waals surface area contributed by atoms with Crippen molar-refractivity contribution in [1.29, 1.82) is 0 Å². The molecule has 30 heavy (non-hydrogen) atoms. The lowest BCUT2D eigenvalue weighted by Gasteiger charge is -2.12. The standard InChI is InChI=1S/C23H22N6O/c1-28(2)20-12-10-18(11-13-20)22(30)29-23(25-15-17-7-4-3-5-8-17)26-21(27-29)19-9-6-14-24-16-19/h3-14,16H,15H2,1-2H3,(H,25,26,27). The Morgan fingerprint density at radius 2 is 1.77 bits per heavy atom. The Bertz CT molecular complexity index is 1120. The maximum atomic E-state index is 13.2. The molecule has 0 radical (unpaired) electrons. The highest BCUT2D eigenvalue weighted by molar-refractivity contribution is 5.97. The number of pyridine rings is 1. The predicted molar refractivity (Wildman–Crippen MR) is 118 cm³/mol. The molecule has 0 bridgehead atoms. The highest BCUT2D eigenvalue weighted by Gasteiger charge is 2.19. The van der Waals surface area contributed by atoms with Crippen LogP contribution >= 0.6 is 0 Å². The second kappa shape index (κ2) is 8.57. The van der Waals surface area contributed by atoms with Gasteiger partial charge in [0.2, 0.25) is 5.95 Å². The van der Waals surface area contributed by atoms with Gasteiger partial charge in [0, 0.05) is 49.8 Å². The monoisotopic (exact) mass is 398 g/mol. The van der Waals surface area contributed by atoms with Crippen molar-refractivity contribution in [3.05, 3.63) is 90.3 Å². The van der Waals surface area contributed by atoms with E-state index in [4.69, 9.17) is 0 Å². The van der Waals surface area contributed by atoms with Gasteiger partial charge in [-0.2, -0.15) is 9.67 Å². The van der Waals surface area contributed by atoms with Gasteiger partial charge in [-0.05, 0) is 42.0 Å². The first-order valence-corrected chi connectivity index (χ1v) is 9.59. The molecule has 0 unspecified atom stereocenters. The van der Waals surface area contributed by atoms with Crippen molar-refractivity contribution in [2.75, 3.05) is 24.3 Å². The summed E-state index contributed by atoms with van der Waals surface area (Å²) < 4.78 is 1.32. The van der Waals surface area contributed by atoms with Crippen LogP contribution in [-0.4, -0.2) is 39.8 Å². The summed E-state index contributed by atoms with van der Waals surface area (Å²) in [5, 5.41) is 7.71. The van der Waals surface area contributed by atoms with Crippen LogP contribution in [0.25, 0.3) is 11.4 Å². The summed E-state index contributed by atoms with van der Waals surface area (Å²) in [6.07, 6.45) is 3.36. The van der Waals surface area contributed by atoms with Gasteiger partial charge in [0.05, 0.1) is 0 Å². The smallest absolute Gasteiger partial charge is 0.281 e. The number of benzene rings is 2. The number of rotatable bonds is 6. The van der Waals surface area contributed by atoms with Gasteiger partial charge in [0.1, 0.15) is 0 Å². The highest BCUT2D eigenvalue weighted by atomic mass is 16.2. The number of aromatic nitrogens is 4. The van der Waals surface area contributed by atoms with Gasteiger partial charge in [0.25, 0.3) is 5.91 Å². The van der Waals surface area contributed by atoms with Crippen LogP contribution in [0, 0.1) is 0 Å². The minimum atomic E-state index is -0.251. The van der Waals surface area contributed by atoms with Gasteiger partial charge in [-0.1, -0.05) is 30.3 Å². The van der Waals surface area contributed by atoms with Crippen LogP contribution in [0.15, 0.2) is 79.1 Å². The highest BCUT2D eigenvalue weighted by Crippen LogP contribution is 2.20. The molecule has 0 aliphatic carbocycles. The van der Waals surface area contributed by atoms with Crippen molar-refractivity contribution in [1.82, 2.24) is 19.7 Å². The van der Waals surface area contributed by atoms with Crippen LogP contribution in [-0.2, 0) is 6.54 Å². The van der Waals surface area contributed by atoms with E-state index < -0.39 is 0 Å². The molecule has 0 amide bonds. The largest absolute Gasteiger partial charge is 0.378 e. The molecular formula is C23H22N6O. The van der Waals surface area contributed by atoms with Crippen LogP contribution in [0.1, 0.15) is 15.9 Å². The maximum Gasteiger partial charge on any atom is 0.281 e. The average Bonchev–Trinajstić information content (AvgIpc) is 3.23. The number of carbonyl (C=O) groups is 1. The first-order valence-electron chi connectivity index (χ1n) is 9.59. The van der Waals surface area contributed by atoms with E-state index in [9.17, 15) is 4.79 Å². The molecule has 150 valence electrons. The molecule has 0 atom stereocenters. The first kappa shape index (κ1) is 19.3. The van der Waals surface area contributed by atoms with E-state index in [0.717, 1.165) is 16.8 Å². The average molecular weight is 398 g/mol. The summed E-state index contributed by atoms with van der Waals surface area (Å²) in [5.41, 5.74) is 3.38. The Kier molecular flexibility index (Phi) is 5.52. The summed E-state index contributed by atoms with van der Waals surface area (Å²) in [4.78, 5) is 23.9. The molecule has 0 spiro atoms. The molecule has 2 aromatic heterocycles. The van der Waals surface area contributed by atoms with E-state index in [-0.39, 0.29) is 5.91 Å². The van der Waals surface area contributed by atoms with Crippen molar-refractivity contribution in [3.8, 4) is 11.4 Å². The van der Waals surface area contributed by atoms with Crippen LogP contribution in [0.5, 0.6) is 0 Å². The Labute approximate surface area is 175 Å². The fourth-order valence-corrected chi connectivity index (χ4v) is 2.99. The Balaban J connectivity index is 1.67. The topological polar surface area (TPSA) is 75.9 Å². The van der Waals surface area contributed by atoms with E-state index in [1.807, 2.05) is 73.6 Å². The molecular weight excluding hydrogens is 376 g/mol. The molecule has 7 nitrogen and oxygen atoms in total. The number of nitrogens with zero attached hydrogens (tertiary/aromatic N) is 5. The number of hydrogen-bond acceptors (Lipinski definition) is 6. The zero-order chi connectivity index (χ0) is 20.9. The second-order valence-electron chi connectivity index (χ2n) is 7.00. The lowest BCUT2D eigenvalue weighted by molar-refractivity contribution is 0.0947. The van der Waals surface area contributed by atoms with Crippen LogP contribution < -0.4 is 10.2 Å². The van der Waals surface area contributed by atoms with Gasteiger partial charge < -0.3 is 10.2 Å². The van der Waals surface area contributed by atoms with Crippen LogP contribution in [0.2, 0.25) is 0 Å². The first-order chi connectivity index (χ1) is 14.6. The van der Waals surface area contributed by atoms with E-state index in [1.54, 1.807) is 24.5 Å². The molecule has 7 heteroatoms. The molecule has 0 saturated carbocycles. The molecule has 4 rings (SSSR count). The van der Waals surface area contributed by atoms with E-state index in [1.165, 1.54) is 4.68 Å². The SMILES string of the molecule is CN(C)c1ccc(C(=O)n2nc(-c3cccnc3)nc2NCc2ccccc2)cc1. The Hall–Kier alpha value is -4.00. The van der Waals surface area contributed by atoms with Crippen molar-refractivity contribution in [2.45, 2.75) is 6.54 Å². The van der Waals surface area contributed by atoms with Crippen molar-refractivity contribution >= 4 is 17.5 Å². The zero-order valence-electron chi connectivity index (χ0n) is 16.9. The van der Waals surface area contributed by atoms with Crippen LogP contribution in [0.3, 0.4) is 0 Å². The normalized spacial score (nSPS) is 10.6. The number of anilines is 2. The molecule has 4 aromatic rings. The minimum Gasteiger partial charge on any atom is -0.378 e. The molecule has 1 N–H and O–H groups in total. The number of hydrogen-bond donors (Lipinski definition) is 1. The van der Waals surface area contributed by atoms with Gasteiger partial charge in [-0.25, -0.2) is 0 Å². The molecule has 0 aliphatic heterocycles. The second-order valence-corrected chi connectivity index (χ2v) is 7.00. The summed E-state index contributed by atoms with van der Waals surface area (Å²) in [5.74, 6) is 0.579. The van der Waals surface area contributed by atoms with E-state index in [2.05, 4.69) is 20.4 Å². The fraction of sp³-hybridized carbons (Fsp3) is 0.130. The predicted octanol–water partition coefficient (Wildman–Crippen LogP) is 3.71. The molecule has 2 heterocycles. The van der Waals surface area contributed by atoms with Crippen LogP contribution in [0.4, 0.5) is 11.6 Å². The molecule has 2 aromatic carbocycles. The van der Waals surface area contributed by atoms with Crippen molar-refractivity contribution < 1.29 is 4.79 Å². The van der Waals surface area contributed by atoms with Gasteiger partial charge in [-0.3, -0.25) is 9.78 Å².